The number of piperidine rings is 1. The molecule has 0 aromatic rings. The summed E-state index contributed by atoms with van der Waals surface area (Å²) in [6, 6.07) is -3.99. The van der Waals surface area contributed by atoms with E-state index >= 15 is 0 Å². The van der Waals surface area contributed by atoms with E-state index in [4.69, 9.17) is 5.73 Å². The Balaban J connectivity index is 1.38. The molecule has 2 aliphatic heterocycles. The number of carbonyl (C=O) groups is 7. The zero-order valence-corrected chi connectivity index (χ0v) is 33.1. The van der Waals surface area contributed by atoms with Gasteiger partial charge in [-0.25, -0.2) is 4.79 Å². The first-order valence-electron chi connectivity index (χ1n) is 20.0. The zero-order valence-electron chi connectivity index (χ0n) is 33.1. The second-order valence-corrected chi connectivity index (χ2v) is 19.4. The molecule has 0 aromatic carbocycles. The lowest BCUT2D eigenvalue weighted by molar-refractivity contribution is -0.153. The smallest absolute Gasteiger partial charge is 0.315 e. The highest BCUT2D eigenvalue weighted by Gasteiger charge is 2.57. The Morgan fingerprint density at radius 1 is 0.849 bits per heavy atom. The number of hydrogen-bond acceptors (Lipinski definition) is 7. The van der Waals surface area contributed by atoms with Crippen LogP contribution < -0.4 is 21.7 Å². The minimum atomic E-state index is -1.09. The summed E-state index contributed by atoms with van der Waals surface area (Å²) in [4.78, 5) is 97.2. The molecule has 0 aromatic heterocycles. The van der Waals surface area contributed by atoms with Gasteiger partial charge in [-0.15, -0.1) is 0 Å². The van der Waals surface area contributed by atoms with E-state index in [1.807, 2.05) is 34.6 Å². The molecule has 53 heavy (non-hydrogen) atoms. The van der Waals surface area contributed by atoms with E-state index in [-0.39, 0.29) is 66.2 Å². The molecule has 13 heteroatoms. The summed E-state index contributed by atoms with van der Waals surface area (Å²) in [5.41, 5.74) is 4.33. The van der Waals surface area contributed by atoms with Gasteiger partial charge in [-0.1, -0.05) is 87.0 Å². The van der Waals surface area contributed by atoms with Crippen LogP contribution in [0.4, 0.5) is 4.79 Å². The summed E-state index contributed by atoms with van der Waals surface area (Å²) >= 11 is 0. The number of hydrogen-bond donors (Lipinski definition) is 4. The van der Waals surface area contributed by atoms with E-state index in [1.54, 1.807) is 4.90 Å². The van der Waals surface area contributed by atoms with Crippen molar-refractivity contribution in [2.24, 2.45) is 45.7 Å². The molecule has 5 N–H and O–H groups in total. The number of nitrogens with zero attached hydrogens (tertiary/aromatic N) is 2. The molecule has 2 saturated heterocycles. The number of Topliss-reactive ketones (excluding diaryl/α,β-unsaturated/α-hetero) is 1. The Labute approximate surface area is 315 Å². The van der Waals surface area contributed by atoms with E-state index in [2.05, 4.69) is 29.8 Å². The molecule has 2 heterocycles. The number of amides is 7. The van der Waals surface area contributed by atoms with Gasteiger partial charge in [0.25, 0.3) is 5.91 Å². The number of ketones is 1. The van der Waals surface area contributed by atoms with Gasteiger partial charge in [-0.3, -0.25) is 33.7 Å². The largest absolute Gasteiger partial charge is 0.363 e. The lowest BCUT2D eigenvalue weighted by atomic mass is 9.79. The number of urea groups is 1. The van der Waals surface area contributed by atoms with Crippen molar-refractivity contribution < 1.29 is 33.6 Å². The van der Waals surface area contributed by atoms with Gasteiger partial charge in [-0.05, 0) is 72.0 Å². The maximum Gasteiger partial charge on any atom is 0.315 e. The highest BCUT2D eigenvalue weighted by Crippen LogP contribution is 2.53. The van der Waals surface area contributed by atoms with Crippen LogP contribution >= 0.6 is 0 Å². The van der Waals surface area contributed by atoms with Crippen molar-refractivity contribution in [2.75, 3.05) is 13.1 Å². The fourth-order valence-electron chi connectivity index (χ4n) is 9.61. The Morgan fingerprint density at radius 3 is 2.02 bits per heavy atom. The maximum absolute atomic E-state index is 14.9. The predicted molar refractivity (Wildman–Crippen MR) is 199 cm³/mol. The zero-order chi connectivity index (χ0) is 39.0. The van der Waals surface area contributed by atoms with Crippen LogP contribution in [0.1, 0.15) is 132 Å². The van der Waals surface area contributed by atoms with Crippen molar-refractivity contribution in [1.29, 1.82) is 0 Å². The molecule has 5 rings (SSSR count). The van der Waals surface area contributed by atoms with Crippen LogP contribution in [0, 0.1) is 39.9 Å². The Kier molecular flexibility index (Phi) is 12.0. The normalized spacial score (nSPS) is 27.6. The van der Waals surface area contributed by atoms with Crippen LogP contribution in [0.25, 0.3) is 0 Å². The summed E-state index contributed by atoms with van der Waals surface area (Å²) in [6.45, 7) is 14.3. The van der Waals surface area contributed by atoms with Gasteiger partial charge in [0.2, 0.25) is 29.4 Å². The van der Waals surface area contributed by atoms with E-state index < -0.39 is 58.6 Å². The van der Waals surface area contributed by atoms with Crippen molar-refractivity contribution in [3.8, 4) is 0 Å². The number of nitrogens with two attached hydrogens (primary N) is 1. The van der Waals surface area contributed by atoms with E-state index in [0.717, 1.165) is 64.2 Å². The second kappa shape index (κ2) is 15.7. The number of likely N-dealkylation sites (tertiary alicyclic amines) is 2. The fraction of sp³-hybridized carbons (Fsp3) is 0.825. The lowest BCUT2D eigenvalue weighted by Gasteiger charge is -2.40. The minimum Gasteiger partial charge on any atom is -0.363 e. The molecule has 3 aliphatic carbocycles. The topological polar surface area (TPSA) is 188 Å². The molecule has 5 fully saturated rings. The minimum absolute atomic E-state index is 0.0194. The summed E-state index contributed by atoms with van der Waals surface area (Å²) in [5, 5.41) is 8.92. The molecule has 0 spiro atoms. The summed E-state index contributed by atoms with van der Waals surface area (Å²) in [6.07, 6.45) is 9.65. The number of fused-ring (bicyclic) bond motifs is 1. The summed E-state index contributed by atoms with van der Waals surface area (Å²) in [5.74, 6) is -3.27. The molecule has 6 atom stereocenters. The predicted octanol–water partition coefficient (Wildman–Crippen LogP) is 3.82. The van der Waals surface area contributed by atoms with E-state index in [9.17, 15) is 33.6 Å². The standard InChI is InChI=1S/C40H64N6O7/c1-38(2,3)28(22-45-29(47)19-39(4,5)20-30(45)48)43-37(53)44-31(24-14-9-8-10-15-24)36(52)46-21-26-25(16-17-40(26,6)7)32(46)35(51)42-27(33(49)34(41)50)18-23-12-11-13-23/h23-28,31-32H,8-22H2,1-7H3,(H2,41,50)(H,42,51)(H2,43,44,53)/t25-,26-,27?,28+,31-,32-/m0/s1. The van der Waals surface area contributed by atoms with Gasteiger partial charge in [0.15, 0.2) is 0 Å². The van der Waals surface area contributed by atoms with Gasteiger partial charge in [0.1, 0.15) is 12.1 Å². The van der Waals surface area contributed by atoms with Gasteiger partial charge >= 0.3 is 6.03 Å². The molecular weight excluding hydrogens is 676 g/mol. The molecule has 296 valence electrons. The number of imide groups is 1. The van der Waals surface area contributed by atoms with Crippen molar-refractivity contribution in [1.82, 2.24) is 25.8 Å². The molecule has 0 radical (unpaired) electrons. The Morgan fingerprint density at radius 2 is 1.47 bits per heavy atom. The molecule has 13 nitrogen and oxygen atoms in total. The van der Waals surface area contributed by atoms with Crippen molar-refractivity contribution >= 4 is 41.4 Å². The lowest BCUT2D eigenvalue weighted by Crippen LogP contribution is -2.62. The van der Waals surface area contributed by atoms with E-state index in [0.29, 0.717) is 13.0 Å². The third-order valence-corrected chi connectivity index (χ3v) is 13.3. The first-order chi connectivity index (χ1) is 24.7. The molecule has 7 amide bonds. The molecule has 5 aliphatic rings. The Hall–Kier alpha value is -3.51. The number of rotatable bonds is 12. The fourth-order valence-corrected chi connectivity index (χ4v) is 9.61. The van der Waals surface area contributed by atoms with Crippen LogP contribution in [0.3, 0.4) is 0 Å². The van der Waals surface area contributed by atoms with Gasteiger partial charge in [-0.2, -0.15) is 0 Å². The van der Waals surface area contributed by atoms with Gasteiger partial charge in [0.05, 0.1) is 12.1 Å². The first kappa shape index (κ1) is 40.7. The van der Waals surface area contributed by atoms with Crippen molar-refractivity contribution in [3.63, 3.8) is 0 Å². The molecule has 0 bridgehead atoms. The third-order valence-electron chi connectivity index (χ3n) is 13.3. The number of nitrogens with one attached hydrogen (secondary N) is 3. The van der Waals surface area contributed by atoms with Crippen LogP contribution in [0.15, 0.2) is 0 Å². The quantitative estimate of drug-likeness (QED) is 0.173. The van der Waals surface area contributed by atoms with Crippen LogP contribution in [-0.2, 0) is 28.8 Å². The third kappa shape index (κ3) is 9.24. The number of primary amides is 1. The SMILES string of the molecule is CC1(C)CC(=O)N(C[C@@H](NC(=O)N[C@H](C(=O)N2C[C@H]3[C@H](CCC3(C)C)[C@H]2C(=O)NC(CC2CCC2)C(=O)C(N)=O)C2CCCCC2)C(C)(C)C)C(=O)C1. The summed E-state index contributed by atoms with van der Waals surface area (Å²) in [7, 11) is 0. The maximum atomic E-state index is 14.9. The first-order valence-corrected chi connectivity index (χ1v) is 20.0. The average molecular weight is 741 g/mol. The highest BCUT2D eigenvalue weighted by molar-refractivity contribution is 6.37. The van der Waals surface area contributed by atoms with Crippen LogP contribution in [0.5, 0.6) is 0 Å². The number of carbonyl (C=O) groups excluding carboxylic acids is 7. The molecule has 3 saturated carbocycles. The highest BCUT2D eigenvalue weighted by atomic mass is 16.2. The Bertz CT molecular complexity index is 1440. The van der Waals surface area contributed by atoms with Crippen molar-refractivity contribution in [3.05, 3.63) is 0 Å². The van der Waals surface area contributed by atoms with Crippen LogP contribution in [0.2, 0.25) is 0 Å². The monoisotopic (exact) mass is 740 g/mol. The average Bonchev–Trinajstić information content (AvgIpc) is 3.57. The molecular formula is C40H64N6O7. The summed E-state index contributed by atoms with van der Waals surface area (Å²) < 4.78 is 0. The second-order valence-electron chi connectivity index (χ2n) is 19.4. The van der Waals surface area contributed by atoms with E-state index in [1.165, 1.54) is 4.90 Å². The van der Waals surface area contributed by atoms with Gasteiger partial charge in [0, 0.05) is 25.9 Å². The van der Waals surface area contributed by atoms with Crippen LogP contribution in [-0.4, -0.2) is 88.4 Å². The molecule has 1 unspecified atom stereocenters. The van der Waals surface area contributed by atoms with Crippen molar-refractivity contribution in [2.45, 2.75) is 156 Å². The van der Waals surface area contributed by atoms with Gasteiger partial charge < -0.3 is 26.6 Å².